The number of ether oxygens (including phenoxy) is 2. The Kier molecular flexibility index (Phi) is 6.20. The highest BCUT2D eigenvalue weighted by Crippen LogP contribution is 2.33. The fraction of sp³-hybridized carbons (Fsp3) is 0.625. The topological polar surface area (TPSA) is 30.5 Å². The van der Waals surface area contributed by atoms with Crippen molar-refractivity contribution >= 4 is 11.8 Å². The van der Waals surface area contributed by atoms with E-state index in [1.165, 1.54) is 18.4 Å². The largest absolute Gasteiger partial charge is 0.497 e. The average Bonchev–Trinajstić information content (AvgIpc) is 2.49. The fourth-order valence-corrected chi connectivity index (χ4v) is 4.20. The van der Waals surface area contributed by atoms with Crippen molar-refractivity contribution in [2.24, 2.45) is 0 Å². The van der Waals surface area contributed by atoms with Crippen molar-refractivity contribution in [3.05, 3.63) is 29.8 Å². The summed E-state index contributed by atoms with van der Waals surface area (Å²) < 4.78 is 10.7. The molecule has 1 saturated heterocycles. The van der Waals surface area contributed by atoms with Crippen LogP contribution < -0.4 is 10.1 Å². The molecule has 3 nitrogen and oxygen atoms in total. The van der Waals surface area contributed by atoms with E-state index < -0.39 is 0 Å². The van der Waals surface area contributed by atoms with Gasteiger partial charge in [-0.2, -0.15) is 11.8 Å². The van der Waals surface area contributed by atoms with Gasteiger partial charge in [0, 0.05) is 29.8 Å². The monoisotopic (exact) mass is 295 g/mol. The van der Waals surface area contributed by atoms with Crippen LogP contribution in [-0.4, -0.2) is 37.9 Å². The molecule has 0 radical (unpaired) electrons. The smallest absolute Gasteiger partial charge is 0.118 e. The van der Waals surface area contributed by atoms with E-state index in [-0.39, 0.29) is 0 Å². The Hall–Kier alpha value is -0.710. The van der Waals surface area contributed by atoms with Crippen LogP contribution in [0.25, 0.3) is 0 Å². The van der Waals surface area contributed by atoms with Crippen LogP contribution in [0.1, 0.15) is 31.4 Å². The van der Waals surface area contributed by atoms with Crippen LogP contribution in [0, 0.1) is 0 Å². The zero-order chi connectivity index (χ0) is 14.4. The summed E-state index contributed by atoms with van der Waals surface area (Å²) in [4.78, 5) is 0. The first-order valence-corrected chi connectivity index (χ1v) is 8.23. The van der Waals surface area contributed by atoms with E-state index in [0.717, 1.165) is 24.2 Å². The van der Waals surface area contributed by atoms with E-state index in [1.54, 1.807) is 7.11 Å². The Morgan fingerprint density at radius 1 is 1.25 bits per heavy atom. The van der Waals surface area contributed by atoms with Crippen molar-refractivity contribution in [2.75, 3.05) is 27.4 Å². The van der Waals surface area contributed by atoms with Gasteiger partial charge in [-0.3, -0.25) is 0 Å². The second-order valence-corrected chi connectivity index (χ2v) is 6.87. The molecule has 0 amide bonds. The molecule has 1 N–H and O–H groups in total. The van der Waals surface area contributed by atoms with Crippen molar-refractivity contribution in [3.63, 3.8) is 0 Å². The minimum absolute atomic E-state index is 0.369. The zero-order valence-electron chi connectivity index (χ0n) is 12.6. The second-order valence-electron chi connectivity index (χ2n) is 5.19. The Balaban J connectivity index is 1.98. The van der Waals surface area contributed by atoms with Gasteiger partial charge in [-0.25, -0.2) is 0 Å². The summed E-state index contributed by atoms with van der Waals surface area (Å²) in [5.74, 6) is 0.910. The average molecular weight is 295 g/mol. The van der Waals surface area contributed by atoms with E-state index in [4.69, 9.17) is 9.47 Å². The normalized spacial score (nSPS) is 19.6. The predicted molar refractivity (Wildman–Crippen MR) is 85.7 cm³/mol. The molecule has 1 aromatic rings. The summed E-state index contributed by atoms with van der Waals surface area (Å²) in [6, 6.07) is 8.74. The van der Waals surface area contributed by atoms with E-state index in [1.807, 2.05) is 19.2 Å². The van der Waals surface area contributed by atoms with E-state index in [2.05, 4.69) is 36.1 Å². The molecule has 1 aliphatic heterocycles. The zero-order valence-corrected chi connectivity index (χ0v) is 13.4. The first-order chi connectivity index (χ1) is 9.74. The third-order valence-electron chi connectivity index (χ3n) is 3.83. The van der Waals surface area contributed by atoms with Gasteiger partial charge in [0.25, 0.3) is 0 Å². The molecule has 0 bridgehead atoms. The summed E-state index contributed by atoms with van der Waals surface area (Å²) in [7, 11) is 3.74. The highest BCUT2D eigenvalue weighted by molar-refractivity contribution is 8.00. The van der Waals surface area contributed by atoms with Gasteiger partial charge in [0.05, 0.1) is 7.11 Å². The van der Waals surface area contributed by atoms with Crippen LogP contribution in [0.2, 0.25) is 0 Å². The van der Waals surface area contributed by atoms with Gasteiger partial charge in [-0.15, -0.1) is 0 Å². The Labute approximate surface area is 126 Å². The highest BCUT2D eigenvalue weighted by Gasteiger charge is 2.23. The molecular formula is C16H25NO2S. The highest BCUT2D eigenvalue weighted by atomic mass is 32.2. The second kappa shape index (κ2) is 7.91. The molecule has 2 atom stereocenters. The van der Waals surface area contributed by atoms with Gasteiger partial charge >= 0.3 is 0 Å². The maximum Gasteiger partial charge on any atom is 0.118 e. The lowest BCUT2D eigenvalue weighted by atomic mass is 10.0. The number of hydrogen-bond donors (Lipinski definition) is 1. The van der Waals surface area contributed by atoms with E-state index in [0.29, 0.717) is 11.3 Å². The lowest BCUT2D eigenvalue weighted by Gasteiger charge is -2.29. The van der Waals surface area contributed by atoms with Crippen LogP contribution in [0.3, 0.4) is 0 Å². The summed E-state index contributed by atoms with van der Waals surface area (Å²) in [5, 5.41) is 4.72. The molecule has 112 valence electrons. The maximum atomic E-state index is 5.44. The SMILES string of the molecule is CNC(c1ccc(OC)cc1)C(C)SC1CCOCC1. The summed E-state index contributed by atoms with van der Waals surface area (Å²) in [6.07, 6.45) is 2.35. The van der Waals surface area contributed by atoms with Crippen molar-refractivity contribution in [2.45, 2.75) is 36.3 Å². The van der Waals surface area contributed by atoms with Crippen molar-refractivity contribution in [1.82, 2.24) is 5.32 Å². The summed E-state index contributed by atoms with van der Waals surface area (Å²) >= 11 is 2.08. The third kappa shape index (κ3) is 4.14. The molecule has 0 aromatic heterocycles. The van der Waals surface area contributed by atoms with Gasteiger partial charge in [0.2, 0.25) is 0 Å². The molecule has 2 rings (SSSR count). The van der Waals surface area contributed by atoms with Crippen molar-refractivity contribution < 1.29 is 9.47 Å². The Bertz CT molecular complexity index is 390. The van der Waals surface area contributed by atoms with Crippen molar-refractivity contribution in [3.8, 4) is 5.75 Å². The summed E-state index contributed by atoms with van der Waals surface area (Å²) in [5.41, 5.74) is 1.32. The first kappa shape index (κ1) is 15.7. The first-order valence-electron chi connectivity index (χ1n) is 7.29. The Morgan fingerprint density at radius 3 is 2.45 bits per heavy atom. The minimum Gasteiger partial charge on any atom is -0.497 e. The molecule has 0 saturated carbocycles. The Morgan fingerprint density at radius 2 is 1.90 bits per heavy atom. The number of rotatable bonds is 6. The quantitative estimate of drug-likeness (QED) is 0.872. The number of nitrogens with one attached hydrogen (secondary N) is 1. The molecule has 1 fully saturated rings. The molecule has 0 aliphatic carbocycles. The van der Waals surface area contributed by atoms with Gasteiger partial charge in [0.1, 0.15) is 5.75 Å². The minimum atomic E-state index is 0.369. The molecular weight excluding hydrogens is 270 g/mol. The number of thioether (sulfide) groups is 1. The molecule has 1 aliphatic rings. The van der Waals surface area contributed by atoms with Crippen LogP contribution in [0.15, 0.2) is 24.3 Å². The number of methoxy groups -OCH3 is 1. The fourth-order valence-electron chi connectivity index (χ4n) is 2.68. The molecule has 4 heteroatoms. The lowest BCUT2D eigenvalue weighted by Crippen LogP contribution is -2.28. The number of benzene rings is 1. The number of hydrogen-bond acceptors (Lipinski definition) is 4. The van der Waals surface area contributed by atoms with E-state index >= 15 is 0 Å². The molecule has 1 heterocycles. The molecule has 0 spiro atoms. The van der Waals surface area contributed by atoms with Crippen molar-refractivity contribution in [1.29, 1.82) is 0 Å². The van der Waals surface area contributed by atoms with Crippen LogP contribution in [-0.2, 0) is 4.74 Å². The molecule has 1 aromatic carbocycles. The van der Waals surface area contributed by atoms with Crippen LogP contribution in [0.5, 0.6) is 5.75 Å². The van der Waals surface area contributed by atoms with Gasteiger partial charge < -0.3 is 14.8 Å². The predicted octanol–water partition coefficient (Wildman–Crippen LogP) is 3.26. The van der Waals surface area contributed by atoms with Gasteiger partial charge in [0.15, 0.2) is 0 Å². The molecule has 2 unspecified atom stereocenters. The summed E-state index contributed by atoms with van der Waals surface area (Å²) in [6.45, 7) is 4.14. The molecule has 20 heavy (non-hydrogen) atoms. The van der Waals surface area contributed by atoms with Gasteiger partial charge in [-0.05, 0) is 37.6 Å². The third-order valence-corrected chi connectivity index (χ3v) is 5.39. The maximum absolute atomic E-state index is 5.44. The van der Waals surface area contributed by atoms with Crippen LogP contribution in [0.4, 0.5) is 0 Å². The van der Waals surface area contributed by atoms with Gasteiger partial charge in [-0.1, -0.05) is 19.1 Å². The lowest BCUT2D eigenvalue weighted by molar-refractivity contribution is 0.0999. The standard InChI is InChI=1S/C16H25NO2S/c1-12(20-15-8-10-19-11-9-15)16(17-2)13-4-6-14(18-3)7-5-13/h4-7,12,15-17H,8-11H2,1-3H3. The van der Waals surface area contributed by atoms with E-state index in [9.17, 15) is 0 Å². The van der Waals surface area contributed by atoms with Crippen LogP contribution >= 0.6 is 11.8 Å².